The van der Waals surface area contributed by atoms with E-state index in [0.29, 0.717) is 5.30 Å². The molecule has 19 heavy (non-hydrogen) atoms. The second-order valence-corrected chi connectivity index (χ2v) is 4.61. The number of aliphatic hydroxyl groups excluding tert-OH is 1. The van der Waals surface area contributed by atoms with Crippen molar-refractivity contribution in [2.75, 3.05) is 13.2 Å². The van der Waals surface area contributed by atoms with Gasteiger partial charge in [-0.25, -0.2) is 0 Å². The van der Waals surface area contributed by atoms with Crippen LogP contribution >= 0.6 is 8.46 Å². The van der Waals surface area contributed by atoms with Crippen LogP contribution in [0.2, 0.25) is 0 Å². The van der Waals surface area contributed by atoms with E-state index in [0.717, 1.165) is 5.56 Å². The van der Waals surface area contributed by atoms with Crippen LogP contribution in [0.1, 0.15) is 24.8 Å². The van der Waals surface area contributed by atoms with Gasteiger partial charge >= 0.3 is 0 Å². The van der Waals surface area contributed by atoms with E-state index >= 15 is 0 Å². The third-order valence-electron chi connectivity index (χ3n) is 2.54. The van der Waals surface area contributed by atoms with Gasteiger partial charge in [0.15, 0.2) is 8.46 Å². The number of hydrogen-bond acceptors (Lipinski definition) is 3. The fourth-order valence-electron chi connectivity index (χ4n) is 1.65. The Labute approximate surface area is 114 Å². The molecule has 4 nitrogen and oxygen atoms in total. The predicted molar refractivity (Wildman–Crippen MR) is 74.6 cm³/mol. The van der Waals surface area contributed by atoms with Gasteiger partial charge in [0.1, 0.15) is 0 Å². The minimum Gasteiger partial charge on any atom is -0.395 e. The first-order chi connectivity index (χ1) is 9.21. The molecular weight excluding hydrogens is 261 g/mol. The van der Waals surface area contributed by atoms with Crippen molar-refractivity contribution in [3.05, 3.63) is 29.8 Å². The van der Waals surface area contributed by atoms with Crippen LogP contribution in [0.15, 0.2) is 24.3 Å². The largest absolute Gasteiger partial charge is 0.395 e. The fourth-order valence-corrected chi connectivity index (χ4v) is 1.92. The molecule has 0 aromatic heterocycles. The highest BCUT2D eigenvalue weighted by molar-refractivity contribution is 7.34. The lowest BCUT2D eigenvalue weighted by atomic mass is 9.96. The van der Waals surface area contributed by atoms with E-state index in [1.165, 1.54) is 0 Å². The molecule has 0 saturated carbocycles. The molecule has 2 N–H and O–H groups in total. The molecule has 0 heterocycles. The van der Waals surface area contributed by atoms with Crippen molar-refractivity contribution in [2.24, 2.45) is 0 Å². The van der Waals surface area contributed by atoms with Crippen LogP contribution in [-0.4, -0.2) is 24.2 Å². The van der Waals surface area contributed by atoms with Crippen LogP contribution < -0.4 is 10.6 Å². The Hall–Kier alpha value is -1.69. The molecule has 1 aromatic carbocycles. The van der Waals surface area contributed by atoms with Crippen molar-refractivity contribution in [1.82, 2.24) is 5.32 Å². The second kappa shape index (κ2) is 8.42. The summed E-state index contributed by atoms with van der Waals surface area (Å²) in [5, 5.41) is 12.0. The molecule has 1 aromatic rings. The molecule has 5 heteroatoms. The third-order valence-corrected chi connectivity index (χ3v) is 3.05. The van der Waals surface area contributed by atoms with Crippen LogP contribution in [-0.2, 0) is 9.36 Å². The molecule has 0 fully saturated rings. The SMILES string of the molecule is CC#CC(CC(=O)NCCO)c1ccc(P=O)cc1. The smallest absolute Gasteiger partial charge is 0.221 e. The zero-order valence-electron chi connectivity index (χ0n) is 10.7. The molecule has 0 aliphatic heterocycles. The van der Waals surface area contributed by atoms with Crippen molar-refractivity contribution < 1.29 is 14.5 Å². The normalized spacial score (nSPS) is 11.5. The summed E-state index contributed by atoms with van der Waals surface area (Å²) in [5.74, 6) is 5.46. The Morgan fingerprint density at radius 1 is 1.42 bits per heavy atom. The van der Waals surface area contributed by atoms with Crippen molar-refractivity contribution in [3.63, 3.8) is 0 Å². The summed E-state index contributed by atoms with van der Waals surface area (Å²) >= 11 is 0. The number of benzene rings is 1. The second-order valence-electron chi connectivity index (χ2n) is 3.91. The molecule has 0 saturated heterocycles. The topological polar surface area (TPSA) is 66.4 Å². The summed E-state index contributed by atoms with van der Waals surface area (Å²) in [6.45, 7) is 1.90. The number of aliphatic hydroxyl groups is 1. The van der Waals surface area contributed by atoms with Crippen LogP contribution in [0.3, 0.4) is 0 Å². The Balaban J connectivity index is 2.77. The molecule has 1 amide bonds. The fraction of sp³-hybridized carbons (Fsp3) is 0.357. The minimum absolute atomic E-state index is 0.0209. The minimum atomic E-state index is -0.193. The number of rotatable bonds is 6. The van der Waals surface area contributed by atoms with Gasteiger partial charge in [-0.1, -0.05) is 18.1 Å². The van der Waals surface area contributed by atoms with Gasteiger partial charge in [0.05, 0.1) is 12.5 Å². The molecule has 0 radical (unpaired) electrons. The summed E-state index contributed by atoms with van der Waals surface area (Å²) in [6, 6.07) is 7.16. The maximum Gasteiger partial charge on any atom is 0.221 e. The van der Waals surface area contributed by atoms with Gasteiger partial charge in [0.25, 0.3) is 0 Å². The van der Waals surface area contributed by atoms with E-state index < -0.39 is 0 Å². The van der Waals surface area contributed by atoms with Crippen molar-refractivity contribution in [2.45, 2.75) is 19.3 Å². The van der Waals surface area contributed by atoms with Crippen LogP contribution in [0.4, 0.5) is 0 Å². The summed E-state index contributed by atoms with van der Waals surface area (Å²) < 4.78 is 10.7. The highest BCUT2D eigenvalue weighted by atomic mass is 31.1. The van der Waals surface area contributed by atoms with E-state index in [9.17, 15) is 9.36 Å². The zero-order chi connectivity index (χ0) is 14.1. The van der Waals surface area contributed by atoms with E-state index in [-0.39, 0.29) is 39.9 Å². The van der Waals surface area contributed by atoms with Gasteiger partial charge in [-0.15, -0.1) is 5.92 Å². The van der Waals surface area contributed by atoms with Gasteiger partial charge in [-0.3, -0.25) is 9.36 Å². The lowest BCUT2D eigenvalue weighted by Gasteiger charge is -2.11. The highest BCUT2D eigenvalue weighted by Gasteiger charge is 2.13. The number of nitrogens with one attached hydrogen (secondary N) is 1. The molecule has 0 spiro atoms. The van der Waals surface area contributed by atoms with E-state index in [1.807, 2.05) is 12.1 Å². The van der Waals surface area contributed by atoms with Gasteiger partial charge in [0, 0.05) is 18.3 Å². The van der Waals surface area contributed by atoms with Gasteiger partial charge < -0.3 is 10.4 Å². The molecule has 0 aliphatic rings. The molecule has 1 atom stereocenters. The van der Waals surface area contributed by atoms with Crippen LogP contribution in [0.25, 0.3) is 0 Å². The van der Waals surface area contributed by atoms with Gasteiger partial charge in [-0.2, -0.15) is 0 Å². The Morgan fingerprint density at radius 2 is 2.11 bits per heavy atom. The summed E-state index contributed by atoms with van der Waals surface area (Å²) in [5.41, 5.74) is 0.917. The first kappa shape index (κ1) is 15.4. The molecule has 1 rings (SSSR count). The van der Waals surface area contributed by atoms with Gasteiger partial charge in [0.2, 0.25) is 5.91 Å². The summed E-state index contributed by atoms with van der Waals surface area (Å²) in [6.07, 6.45) is 0.245. The highest BCUT2D eigenvalue weighted by Crippen LogP contribution is 2.18. The number of hydrogen-bond donors (Lipinski definition) is 2. The standard InChI is InChI=1S/C14H16NO3P/c1-2-3-12(10-14(17)15-8-9-16)11-4-6-13(19-18)7-5-11/h4-7,12,16H,8-10H2,1H3,(H,15,17). The molecule has 0 bridgehead atoms. The molecular formula is C14H16NO3P. The molecule has 0 aliphatic carbocycles. The first-order valence-corrected chi connectivity index (χ1v) is 6.75. The molecule has 100 valence electrons. The van der Waals surface area contributed by atoms with Gasteiger partial charge in [-0.05, 0) is 24.6 Å². The van der Waals surface area contributed by atoms with Crippen LogP contribution in [0, 0.1) is 11.8 Å². The van der Waals surface area contributed by atoms with Crippen LogP contribution in [0.5, 0.6) is 0 Å². The average Bonchev–Trinajstić information content (AvgIpc) is 2.45. The summed E-state index contributed by atoms with van der Waals surface area (Å²) in [7, 11) is -0.0209. The Kier molecular flexibility index (Phi) is 6.81. The first-order valence-electron chi connectivity index (χ1n) is 5.94. The quantitative estimate of drug-likeness (QED) is 0.606. The molecule has 1 unspecified atom stereocenters. The van der Waals surface area contributed by atoms with E-state index in [2.05, 4.69) is 17.2 Å². The Morgan fingerprint density at radius 3 is 2.63 bits per heavy atom. The Bertz CT molecular complexity index is 488. The van der Waals surface area contributed by atoms with Crippen molar-refractivity contribution in [1.29, 1.82) is 0 Å². The maximum atomic E-state index is 11.6. The maximum absolute atomic E-state index is 11.6. The van der Waals surface area contributed by atoms with E-state index in [4.69, 9.17) is 5.11 Å². The lowest BCUT2D eigenvalue weighted by molar-refractivity contribution is -0.121. The summed E-state index contributed by atoms with van der Waals surface area (Å²) in [4.78, 5) is 11.6. The monoisotopic (exact) mass is 277 g/mol. The predicted octanol–water partition coefficient (Wildman–Crippen LogP) is 1.21. The zero-order valence-corrected chi connectivity index (χ0v) is 11.6. The van der Waals surface area contributed by atoms with Crippen molar-refractivity contribution in [3.8, 4) is 11.8 Å². The number of amides is 1. The van der Waals surface area contributed by atoms with Crippen molar-refractivity contribution >= 4 is 19.7 Å². The third kappa shape index (κ3) is 5.21. The number of carbonyl (C=O) groups is 1. The average molecular weight is 277 g/mol. The number of carbonyl (C=O) groups excluding carboxylic acids is 1. The van der Waals surface area contributed by atoms with E-state index in [1.54, 1.807) is 19.1 Å². The lowest BCUT2D eigenvalue weighted by Crippen LogP contribution is -2.27.